The van der Waals surface area contributed by atoms with Crippen molar-refractivity contribution in [3.63, 3.8) is 0 Å². The van der Waals surface area contributed by atoms with Gasteiger partial charge in [0.05, 0.1) is 0 Å². The van der Waals surface area contributed by atoms with Crippen LogP contribution in [-0.2, 0) is 13.1 Å². The summed E-state index contributed by atoms with van der Waals surface area (Å²) in [6.07, 6.45) is 1.69. The molecule has 6 nitrogen and oxygen atoms in total. The van der Waals surface area contributed by atoms with Crippen molar-refractivity contribution < 1.29 is 0 Å². The van der Waals surface area contributed by atoms with E-state index in [2.05, 4.69) is 20.5 Å². The Morgan fingerprint density at radius 3 is 2.79 bits per heavy atom. The van der Waals surface area contributed by atoms with Crippen molar-refractivity contribution in [1.82, 2.24) is 14.8 Å². The fraction of sp³-hybridized carbons (Fsp3) is 0.250. The van der Waals surface area contributed by atoms with Crippen molar-refractivity contribution >= 4 is 35.6 Å². The lowest BCUT2D eigenvalue weighted by Gasteiger charge is -2.05. The number of anilines is 1. The molecule has 0 unspecified atom stereocenters. The van der Waals surface area contributed by atoms with Crippen molar-refractivity contribution in [2.24, 2.45) is 10.7 Å². The van der Waals surface area contributed by atoms with Gasteiger partial charge < -0.3 is 15.6 Å². The minimum atomic E-state index is 0. The molecule has 0 aliphatic carbocycles. The van der Waals surface area contributed by atoms with Gasteiger partial charge in [-0.05, 0) is 19.1 Å². The Bertz CT molecular complexity index is 522. The second-order valence-electron chi connectivity index (χ2n) is 3.73. The van der Waals surface area contributed by atoms with Gasteiger partial charge in [-0.25, -0.2) is 4.99 Å². The first-order valence-corrected chi connectivity index (χ1v) is 5.78. The van der Waals surface area contributed by atoms with Crippen LogP contribution in [0, 0.1) is 0 Å². The van der Waals surface area contributed by atoms with E-state index < -0.39 is 0 Å². The fourth-order valence-corrected chi connectivity index (χ4v) is 1.53. The highest BCUT2D eigenvalue weighted by atomic mass is 127. The Morgan fingerprint density at radius 2 is 2.11 bits per heavy atom. The van der Waals surface area contributed by atoms with E-state index in [-0.39, 0.29) is 24.0 Å². The molecule has 1 aromatic heterocycles. The van der Waals surface area contributed by atoms with Crippen LogP contribution < -0.4 is 11.1 Å². The average Bonchev–Trinajstić information content (AvgIpc) is 2.85. The number of nitrogens with two attached hydrogens (primary N) is 1. The van der Waals surface area contributed by atoms with Crippen molar-refractivity contribution in [3.8, 4) is 0 Å². The van der Waals surface area contributed by atoms with Crippen LogP contribution in [0.3, 0.4) is 0 Å². The number of benzene rings is 1. The molecule has 2 aromatic rings. The molecular formula is C12H17IN6. The molecule has 1 heterocycles. The second kappa shape index (κ2) is 7.72. The van der Waals surface area contributed by atoms with Crippen LogP contribution in [0.2, 0.25) is 0 Å². The number of guanidine groups is 1. The highest BCUT2D eigenvalue weighted by molar-refractivity contribution is 14.0. The van der Waals surface area contributed by atoms with Gasteiger partial charge in [-0.1, -0.05) is 18.2 Å². The molecule has 0 spiro atoms. The zero-order chi connectivity index (χ0) is 12.8. The Hall–Kier alpha value is -1.64. The number of aliphatic imine (C=N–C) groups is 1. The number of aryl methyl sites for hydroxylation is 1. The van der Waals surface area contributed by atoms with Crippen LogP contribution in [0.25, 0.3) is 0 Å². The molecule has 0 saturated heterocycles. The molecule has 102 valence electrons. The van der Waals surface area contributed by atoms with Gasteiger partial charge in [0, 0.05) is 12.2 Å². The zero-order valence-corrected chi connectivity index (χ0v) is 13.0. The van der Waals surface area contributed by atoms with Gasteiger partial charge in [-0.3, -0.25) is 0 Å². The van der Waals surface area contributed by atoms with Crippen molar-refractivity contribution in [1.29, 1.82) is 0 Å². The topological polar surface area (TPSA) is 81.1 Å². The Balaban J connectivity index is 0.00000180. The van der Waals surface area contributed by atoms with Crippen LogP contribution in [-0.4, -0.2) is 20.7 Å². The lowest BCUT2D eigenvalue weighted by Crippen LogP contribution is -2.22. The van der Waals surface area contributed by atoms with E-state index in [1.165, 1.54) is 0 Å². The Morgan fingerprint density at radius 1 is 1.37 bits per heavy atom. The molecule has 0 fully saturated rings. The molecule has 0 aliphatic rings. The van der Waals surface area contributed by atoms with Gasteiger partial charge in [-0.2, -0.15) is 0 Å². The van der Waals surface area contributed by atoms with E-state index >= 15 is 0 Å². The SMILES string of the molecule is CCn1cnnc1CN=C(N)Nc1ccccc1.I. The van der Waals surface area contributed by atoms with Gasteiger partial charge in [0.15, 0.2) is 11.8 Å². The van der Waals surface area contributed by atoms with Gasteiger partial charge in [0.1, 0.15) is 12.9 Å². The summed E-state index contributed by atoms with van der Waals surface area (Å²) in [5.74, 6) is 1.17. The number of hydrogen-bond acceptors (Lipinski definition) is 3. The van der Waals surface area contributed by atoms with Crippen molar-refractivity contribution in [3.05, 3.63) is 42.5 Å². The normalized spacial score (nSPS) is 10.9. The molecule has 0 saturated carbocycles. The van der Waals surface area contributed by atoms with Gasteiger partial charge in [0.2, 0.25) is 0 Å². The number of aromatic nitrogens is 3. The van der Waals surface area contributed by atoms with Crippen molar-refractivity contribution in [2.75, 3.05) is 5.32 Å². The molecule has 0 aliphatic heterocycles. The summed E-state index contributed by atoms with van der Waals surface area (Å²) in [5, 5.41) is 10.8. The summed E-state index contributed by atoms with van der Waals surface area (Å²) in [7, 11) is 0. The molecule has 0 amide bonds. The number of rotatable bonds is 4. The van der Waals surface area contributed by atoms with E-state index in [9.17, 15) is 0 Å². The number of nitrogens with one attached hydrogen (secondary N) is 1. The molecule has 19 heavy (non-hydrogen) atoms. The molecule has 2 rings (SSSR count). The lowest BCUT2D eigenvalue weighted by molar-refractivity contribution is 0.699. The molecular weight excluding hydrogens is 355 g/mol. The van der Waals surface area contributed by atoms with E-state index in [0.717, 1.165) is 18.1 Å². The minimum Gasteiger partial charge on any atom is -0.370 e. The third-order valence-electron chi connectivity index (χ3n) is 2.47. The fourth-order valence-electron chi connectivity index (χ4n) is 1.53. The van der Waals surface area contributed by atoms with Crippen molar-refractivity contribution in [2.45, 2.75) is 20.0 Å². The average molecular weight is 372 g/mol. The first kappa shape index (κ1) is 15.4. The number of nitrogens with zero attached hydrogens (tertiary/aromatic N) is 4. The molecule has 3 N–H and O–H groups in total. The molecule has 1 aromatic carbocycles. The number of para-hydroxylation sites is 1. The predicted molar refractivity (Wildman–Crippen MR) is 86.5 cm³/mol. The third-order valence-corrected chi connectivity index (χ3v) is 2.47. The second-order valence-corrected chi connectivity index (χ2v) is 3.73. The minimum absolute atomic E-state index is 0. The van der Waals surface area contributed by atoms with E-state index in [4.69, 9.17) is 5.73 Å². The standard InChI is InChI=1S/C12H16N6.HI/c1-2-18-9-15-17-11(18)8-14-12(13)16-10-6-4-3-5-7-10;/h3-7,9H,2,8H2,1H3,(H3,13,14,16);1H. The summed E-state index contributed by atoms with van der Waals surface area (Å²) in [5.41, 5.74) is 6.71. The number of hydrogen-bond donors (Lipinski definition) is 2. The maximum Gasteiger partial charge on any atom is 0.193 e. The highest BCUT2D eigenvalue weighted by Gasteiger charge is 2.01. The first-order chi connectivity index (χ1) is 8.79. The van der Waals surface area contributed by atoms with Crippen LogP contribution >= 0.6 is 24.0 Å². The monoisotopic (exact) mass is 372 g/mol. The Labute approximate surface area is 129 Å². The lowest BCUT2D eigenvalue weighted by atomic mass is 10.3. The first-order valence-electron chi connectivity index (χ1n) is 5.78. The Kier molecular flexibility index (Phi) is 6.26. The van der Waals surface area contributed by atoms with Gasteiger partial charge in [0.25, 0.3) is 0 Å². The van der Waals surface area contributed by atoms with Crippen LogP contribution in [0.5, 0.6) is 0 Å². The van der Waals surface area contributed by atoms with Crippen LogP contribution in [0.4, 0.5) is 5.69 Å². The van der Waals surface area contributed by atoms with E-state index in [1.54, 1.807) is 6.33 Å². The molecule has 7 heteroatoms. The van der Waals surface area contributed by atoms with Crippen LogP contribution in [0.15, 0.2) is 41.7 Å². The maximum atomic E-state index is 5.80. The van der Waals surface area contributed by atoms with E-state index in [1.807, 2.05) is 41.8 Å². The highest BCUT2D eigenvalue weighted by Crippen LogP contribution is 2.04. The summed E-state index contributed by atoms with van der Waals surface area (Å²) in [4.78, 5) is 4.23. The molecule has 0 bridgehead atoms. The largest absolute Gasteiger partial charge is 0.370 e. The third kappa shape index (κ3) is 4.51. The van der Waals surface area contributed by atoms with Gasteiger partial charge in [-0.15, -0.1) is 34.2 Å². The number of halogens is 1. The molecule has 0 atom stereocenters. The quantitative estimate of drug-likeness (QED) is 0.488. The van der Waals surface area contributed by atoms with Gasteiger partial charge >= 0.3 is 0 Å². The molecule has 0 radical (unpaired) electrons. The smallest absolute Gasteiger partial charge is 0.193 e. The zero-order valence-electron chi connectivity index (χ0n) is 10.7. The predicted octanol–water partition coefficient (Wildman–Crippen LogP) is 1.84. The van der Waals surface area contributed by atoms with E-state index in [0.29, 0.717) is 12.5 Å². The maximum absolute atomic E-state index is 5.80. The summed E-state index contributed by atoms with van der Waals surface area (Å²) in [6, 6.07) is 9.67. The summed E-state index contributed by atoms with van der Waals surface area (Å²) >= 11 is 0. The summed E-state index contributed by atoms with van der Waals surface area (Å²) < 4.78 is 1.93. The summed E-state index contributed by atoms with van der Waals surface area (Å²) in [6.45, 7) is 3.27. The van der Waals surface area contributed by atoms with Crippen LogP contribution in [0.1, 0.15) is 12.7 Å².